The fraction of sp³-hybridized carbons (Fsp3) is 0.333. The average Bonchev–Trinajstić information content (AvgIpc) is 2.88. The van der Waals surface area contributed by atoms with Gasteiger partial charge < -0.3 is 23.8 Å². The molecular weight excluding hydrogens is 468 g/mol. The van der Waals surface area contributed by atoms with Crippen molar-refractivity contribution in [1.82, 2.24) is 9.88 Å². The van der Waals surface area contributed by atoms with Crippen molar-refractivity contribution in [2.24, 2.45) is 0 Å². The first-order valence-electron chi connectivity index (χ1n) is 11.9. The SMILES string of the molecule is O=C(Cc1cc(Cl)c2c(c1)OCCO2)N1CCCCCOc2ccccc2Oc2ncccc2C1. The lowest BCUT2D eigenvalue weighted by atomic mass is 10.1. The lowest BCUT2D eigenvalue weighted by Crippen LogP contribution is -2.33. The number of carbonyl (C=O) groups excluding carboxylic acids is 1. The summed E-state index contributed by atoms with van der Waals surface area (Å²) >= 11 is 6.39. The van der Waals surface area contributed by atoms with E-state index in [9.17, 15) is 4.79 Å². The Bertz CT molecular complexity index is 1200. The van der Waals surface area contributed by atoms with Gasteiger partial charge in [0.2, 0.25) is 11.8 Å². The monoisotopic (exact) mass is 494 g/mol. The molecule has 0 saturated heterocycles. The lowest BCUT2D eigenvalue weighted by molar-refractivity contribution is -0.131. The molecule has 3 aromatic rings. The molecule has 2 aliphatic rings. The molecule has 0 N–H and O–H groups in total. The van der Waals surface area contributed by atoms with Crippen molar-refractivity contribution in [2.45, 2.75) is 32.2 Å². The Morgan fingerprint density at radius 1 is 0.914 bits per heavy atom. The number of benzene rings is 2. The third-order valence-electron chi connectivity index (χ3n) is 5.96. The molecule has 0 radical (unpaired) electrons. The molecule has 3 heterocycles. The van der Waals surface area contributed by atoms with E-state index >= 15 is 0 Å². The Kier molecular flexibility index (Phi) is 7.23. The van der Waals surface area contributed by atoms with Gasteiger partial charge in [-0.05, 0) is 55.2 Å². The summed E-state index contributed by atoms with van der Waals surface area (Å²) < 4.78 is 23.4. The zero-order valence-corrected chi connectivity index (χ0v) is 20.1. The van der Waals surface area contributed by atoms with Crippen LogP contribution in [-0.4, -0.2) is 42.2 Å². The highest BCUT2D eigenvalue weighted by molar-refractivity contribution is 6.32. The van der Waals surface area contributed by atoms with E-state index in [1.165, 1.54) is 0 Å². The van der Waals surface area contributed by atoms with Crippen LogP contribution in [0.15, 0.2) is 54.7 Å². The first-order valence-corrected chi connectivity index (χ1v) is 12.2. The lowest BCUT2D eigenvalue weighted by Gasteiger charge is -2.24. The third kappa shape index (κ3) is 5.62. The summed E-state index contributed by atoms with van der Waals surface area (Å²) in [6, 6.07) is 15.0. The van der Waals surface area contributed by atoms with Crippen molar-refractivity contribution in [1.29, 1.82) is 0 Å². The standard InChI is InChI=1S/C27H27ClN2O5/c28-21-15-19(16-24-26(21)34-14-13-33-24)17-25(31)30-11-4-1-5-12-32-22-8-2-3-9-23(22)35-27-20(18-30)7-6-10-29-27/h2-3,6-10,15-16H,1,4-5,11-14,17-18H2. The van der Waals surface area contributed by atoms with Crippen molar-refractivity contribution >= 4 is 17.5 Å². The Hall–Kier alpha value is -3.45. The van der Waals surface area contributed by atoms with Crippen LogP contribution in [0.4, 0.5) is 0 Å². The molecule has 0 atom stereocenters. The minimum absolute atomic E-state index is 0.000861. The smallest absolute Gasteiger partial charge is 0.227 e. The maximum atomic E-state index is 13.5. The number of nitrogens with zero attached hydrogens (tertiary/aromatic N) is 2. The largest absolute Gasteiger partial charge is 0.490 e. The van der Waals surface area contributed by atoms with E-state index in [2.05, 4.69) is 4.98 Å². The molecule has 5 rings (SSSR count). The van der Waals surface area contributed by atoms with Gasteiger partial charge in [0.05, 0.1) is 24.6 Å². The molecule has 1 aromatic heterocycles. The second-order valence-corrected chi connectivity index (χ2v) is 8.93. The van der Waals surface area contributed by atoms with Crippen molar-refractivity contribution in [3.8, 4) is 28.9 Å². The molecule has 7 nitrogen and oxygen atoms in total. The number of ether oxygens (including phenoxy) is 4. The van der Waals surface area contributed by atoms with Gasteiger partial charge in [-0.25, -0.2) is 4.98 Å². The Balaban J connectivity index is 1.39. The summed E-state index contributed by atoms with van der Waals surface area (Å²) in [6.45, 7) is 2.52. The van der Waals surface area contributed by atoms with Crippen LogP contribution in [0, 0.1) is 0 Å². The second-order valence-electron chi connectivity index (χ2n) is 8.52. The van der Waals surface area contributed by atoms with Crippen LogP contribution in [0.5, 0.6) is 28.9 Å². The maximum absolute atomic E-state index is 13.5. The van der Waals surface area contributed by atoms with E-state index in [4.69, 9.17) is 30.5 Å². The van der Waals surface area contributed by atoms with E-state index in [1.54, 1.807) is 12.3 Å². The van der Waals surface area contributed by atoms with E-state index in [0.29, 0.717) is 66.8 Å². The summed E-state index contributed by atoms with van der Waals surface area (Å²) in [7, 11) is 0. The van der Waals surface area contributed by atoms with Gasteiger partial charge in [0.25, 0.3) is 0 Å². The fourth-order valence-corrected chi connectivity index (χ4v) is 4.50. The number of para-hydroxylation sites is 2. The van der Waals surface area contributed by atoms with Gasteiger partial charge in [-0.15, -0.1) is 0 Å². The van der Waals surface area contributed by atoms with Crippen LogP contribution in [0.2, 0.25) is 5.02 Å². The van der Waals surface area contributed by atoms with Crippen LogP contribution in [0.25, 0.3) is 0 Å². The number of pyridine rings is 1. The molecule has 0 aliphatic carbocycles. The first-order chi connectivity index (χ1) is 17.2. The van der Waals surface area contributed by atoms with Crippen molar-refractivity contribution < 1.29 is 23.7 Å². The van der Waals surface area contributed by atoms with E-state index in [0.717, 1.165) is 30.4 Å². The number of hydrogen-bond acceptors (Lipinski definition) is 6. The number of aromatic nitrogens is 1. The molecule has 0 saturated carbocycles. The molecule has 2 aromatic carbocycles. The first kappa shape index (κ1) is 23.3. The number of hydrogen-bond donors (Lipinski definition) is 0. The summed E-state index contributed by atoms with van der Waals surface area (Å²) in [5, 5.41) is 0.455. The highest BCUT2D eigenvalue weighted by Crippen LogP contribution is 2.38. The van der Waals surface area contributed by atoms with E-state index < -0.39 is 0 Å². The van der Waals surface area contributed by atoms with E-state index in [1.807, 2.05) is 47.4 Å². The van der Waals surface area contributed by atoms with Crippen LogP contribution in [0.1, 0.15) is 30.4 Å². The predicted molar refractivity (Wildman–Crippen MR) is 132 cm³/mol. The topological polar surface area (TPSA) is 70.1 Å². The van der Waals surface area contributed by atoms with Crippen molar-refractivity contribution in [2.75, 3.05) is 26.4 Å². The van der Waals surface area contributed by atoms with Gasteiger partial charge in [0.1, 0.15) is 13.2 Å². The zero-order chi connectivity index (χ0) is 24.0. The molecule has 0 bridgehead atoms. The molecule has 2 aliphatic heterocycles. The molecule has 0 fully saturated rings. The second kappa shape index (κ2) is 10.9. The normalized spacial score (nSPS) is 15.7. The molecule has 182 valence electrons. The highest BCUT2D eigenvalue weighted by atomic mass is 35.5. The Morgan fingerprint density at radius 3 is 2.66 bits per heavy atom. The number of carbonyl (C=O) groups is 1. The summed E-state index contributed by atoms with van der Waals surface area (Å²) in [6.07, 6.45) is 4.60. The minimum atomic E-state index is -0.000861. The molecular formula is C27H27ClN2O5. The third-order valence-corrected chi connectivity index (χ3v) is 6.24. The van der Waals surface area contributed by atoms with Crippen LogP contribution in [-0.2, 0) is 17.8 Å². The summed E-state index contributed by atoms with van der Waals surface area (Å²) in [4.78, 5) is 19.8. The number of halogens is 1. The summed E-state index contributed by atoms with van der Waals surface area (Å²) in [5.41, 5.74) is 1.62. The Morgan fingerprint density at radius 2 is 1.74 bits per heavy atom. The van der Waals surface area contributed by atoms with Crippen LogP contribution >= 0.6 is 11.6 Å². The predicted octanol–water partition coefficient (Wildman–Crippen LogP) is 5.43. The van der Waals surface area contributed by atoms with Gasteiger partial charge in [0, 0.05) is 18.3 Å². The van der Waals surface area contributed by atoms with Crippen LogP contribution < -0.4 is 18.9 Å². The molecule has 1 amide bonds. The molecule has 0 unspecified atom stereocenters. The molecule has 8 heteroatoms. The quantitative estimate of drug-likeness (QED) is 0.473. The van der Waals surface area contributed by atoms with Crippen molar-refractivity contribution in [3.05, 3.63) is 70.9 Å². The molecule has 35 heavy (non-hydrogen) atoms. The highest BCUT2D eigenvalue weighted by Gasteiger charge is 2.22. The van der Waals surface area contributed by atoms with Crippen LogP contribution in [0.3, 0.4) is 0 Å². The van der Waals surface area contributed by atoms with Gasteiger partial charge >= 0.3 is 0 Å². The van der Waals surface area contributed by atoms with Gasteiger partial charge in [-0.2, -0.15) is 0 Å². The Labute approximate surface area is 209 Å². The van der Waals surface area contributed by atoms with Gasteiger partial charge in [-0.3, -0.25) is 4.79 Å². The number of fused-ring (bicyclic) bond motifs is 3. The average molecular weight is 495 g/mol. The summed E-state index contributed by atoms with van der Waals surface area (Å²) in [5.74, 6) is 2.87. The van der Waals surface area contributed by atoms with Gasteiger partial charge in [-0.1, -0.05) is 29.8 Å². The number of rotatable bonds is 2. The minimum Gasteiger partial charge on any atom is -0.490 e. The van der Waals surface area contributed by atoms with Gasteiger partial charge in [0.15, 0.2) is 23.0 Å². The molecule has 0 spiro atoms. The number of amides is 1. The fourth-order valence-electron chi connectivity index (χ4n) is 4.21. The maximum Gasteiger partial charge on any atom is 0.227 e. The van der Waals surface area contributed by atoms with E-state index in [-0.39, 0.29) is 12.3 Å². The van der Waals surface area contributed by atoms with Crippen molar-refractivity contribution in [3.63, 3.8) is 0 Å². The zero-order valence-electron chi connectivity index (χ0n) is 19.4.